The van der Waals surface area contributed by atoms with E-state index in [1.54, 1.807) is 4.31 Å². The fourth-order valence-electron chi connectivity index (χ4n) is 2.63. The Morgan fingerprint density at radius 3 is 2.72 bits per heavy atom. The monoisotopic (exact) mass is 267 g/mol. The van der Waals surface area contributed by atoms with Crippen LogP contribution in [0.15, 0.2) is 24.3 Å². The number of nitrogens with zero attached hydrogens (tertiary/aromatic N) is 1. The van der Waals surface area contributed by atoms with Crippen LogP contribution < -0.4 is 0 Å². The van der Waals surface area contributed by atoms with Crippen molar-refractivity contribution in [2.24, 2.45) is 0 Å². The Bertz CT molecular complexity index is 510. The van der Waals surface area contributed by atoms with E-state index in [4.69, 9.17) is 0 Å². The maximum atomic E-state index is 12.4. The van der Waals surface area contributed by atoms with Crippen LogP contribution in [-0.4, -0.2) is 25.3 Å². The van der Waals surface area contributed by atoms with Gasteiger partial charge in [-0.15, -0.1) is 0 Å². The summed E-state index contributed by atoms with van der Waals surface area (Å²) in [5.74, 6) is 0.135. The molecule has 0 N–H and O–H groups in total. The molecule has 1 aliphatic rings. The highest BCUT2D eigenvalue weighted by molar-refractivity contribution is 7.88. The topological polar surface area (TPSA) is 37.4 Å². The van der Waals surface area contributed by atoms with Gasteiger partial charge in [-0.05, 0) is 37.3 Å². The molecule has 4 heteroatoms. The zero-order valence-electron chi connectivity index (χ0n) is 11.1. The van der Waals surface area contributed by atoms with Crippen molar-refractivity contribution in [3.8, 4) is 0 Å². The molecule has 1 aromatic carbocycles. The summed E-state index contributed by atoms with van der Waals surface area (Å²) in [5, 5.41) is 0. The molecule has 1 aliphatic heterocycles. The quantitative estimate of drug-likeness (QED) is 0.841. The average Bonchev–Trinajstić information content (AvgIpc) is 2.81. The van der Waals surface area contributed by atoms with E-state index in [1.165, 1.54) is 0 Å². The average molecular weight is 267 g/mol. The first-order valence-corrected chi connectivity index (χ1v) is 8.19. The molecule has 1 fully saturated rings. The third kappa shape index (κ3) is 2.75. The van der Waals surface area contributed by atoms with Gasteiger partial charge in [0.1, 0.15) is 0 Å². The summed E-state index contributed by atoms with van der Waals surface area (Å²) in [6.07, 6.45) is 2.90. The molecular formula is C14H21NO2S. The Labute approximate surface area is 110 Å². The molecule has 1 aromatic rings. The minimum absolute atomic E-state index is 0.135. The van der Waals surface area contributed by atoms with Gasteiger partial charge in [0.15, 0.2) is 0 Å². The van der Waals surface area contributed by atoms with E-state index < -0.39 is 10.0 Å². The number of aryl methyl sites for hydroxylation is 1. The van der Waals surface area contributed by atoms with Crippen LogP contribution in [-0.2, 0) is 15.8 Å². The van der Waals surface area contributed by atoms with Crippen LogP contribution in [0.5, 0.6) is 0 Å². The van der Waals surface area contributed by atoms with Crippen LogP contribution in [0.2, 0.25) is 0 Å². The summed E-state index contributed by atoms with van der Waals surface area (Å²) < 4.78 is 26.6. The highest BCUT2D eigenvalue weighted by atomic mass is 32.2. The second kappa shape index (κ2) is 5.41. The van der Waals surface area contributed by atoms with E-state index in [1.807, 2.05) is 31.2 Å². The van der Waals surface area contributed by atoms with Crippen molar-refractivity contribution in [3.05, 3.63) is 35.4 Å². The highest BCUT2D eigenvalue weighted by Crippen LogP contribution is 2.25. The molecule has 0 aliphatic carbocycles. The molecule has 0 saturated carbocycles. The van der Waals surface area contributed by atoms with Gasteiger partial charge in [-0.25, -0.2) is 8.42 Å². The summed E-state index contributed by atoms with van der Waals surface area (Å²) in [6, 6.07) is 7.92. The van der Waals surface area contributed by atoms with Crippen LogP contribution in [0.4, 0.5) is 0 Å². The highest BCUT2D eigenvalue weighted by Gasteiger charge is 2.32. The molecule has 0 amide bonds. The van der Waals surface area contributed by atoms with E-state index in [9.17, 15) is 8.42 Å². The molecule has 100 valence electrons. The molecule has 1 saturated heterocycles. The molecule has 0 aromatic heterocycles. The number of hydrogen-bond acceptors (Lipinski definition) is 2. The lowest BCUT2D eigenvalue weighted by Gasteiger charge is -2.23. The van der Waals surface area contributed by atoms with Crippen molar-refractivity contribution in [1.29, 1.82) is 0 Å². The van der Waals surface area contributed by atoms with Crippen LogP contribution >= 0.6 is 0 Å². The second-order valence-electron chi connectivity index (χ2n) is 5.00. The van der Waals surface area contributed by atoms with Gasteiger partial charge in [0.05, 0.1) is 5.75 Å². The molecular weight excluding hydrogens is 246 g/mol. The van der Waals surface area contributed by atoms with Gasteiger partial charge < -0.3 is 0 Å². The Morgan fingerprint density at radius 1 is 1.33 bits per heavy atom. The Balaban J connectivity index is 2.20. The SMILES string of the molecule is CCC1CCCN1S(=O)(=O)Cc1ccccc1C. The predicted molar refractivity (Wildman–Crippen MR) is 73.8 cm³/mol. The number of sulfonamides is 1. The lowest BCUT2D eigenvalue weighted by molar-refractivity contribution is 0.379. The maximum absolute atomic E-state index is 12.4. The molecule has 1 heterocycles. The largest absolute Gasteiger partial charge is 0.218 e. The minimum Gasteiger partial charge on any atom is -0.212 e. The van der Waals surface area contributed by atoms with Crippen molar-refractivity contribution in [1.82, 2.24) is 4.31 Å². The van der Waals surface area contributed by atoms with E-state index in [0.29, 0.717) is 6.54 Å². The van der Waals surface area contributed by atoms with Gasteiger partial charge in [-0.1, -0.05) is 31.2 Å². The fourth-order valence-corrected chi connectivity index (χ4v) is 4.63. The fraction of sp³-hybridized carbons (Fsp3) is 0.571. The number of hydrogen-bond donors (Lipinski definition) is 0. The van der Waals surface area contributed by atoms with Gasteiger partial charge >= 0.3 is 0 Å². The normalized spacial score (nSPS) is 21.3. The predicted octanol–water partition coefficient (Wildman–Crippen LogP) is 2.70. The Morgan fingerprint density at radius 2 is 2.06 bits per heavy atom. The molecule has 2 rings (SSSR count). The second-order valence-corrected chi connectivity index (χ2v) is 6.92. The zero-order valence-corrected chi connectivity index (χ0v) is 11.9. The van der Waals surface area contributed by atoms with Crippen LogP contribution in [0.1, 0.15) is 37.3 Å². The van der Waals surface area contributed by atoms with E-state index in [-0.39, 0.29) is 11.8 Å². The molecule has 0 bridgehead atoms. The van der Waals surface area contributed by atoms with Crippen molar-refractivity contribution in [3.63, 3.8) is 0 Å². The van der Waals surface area contributed by atoms with E-state index in [2.05, 4.69) is 6.92 Å². The van der Waals surface area contributed by atoms with E-state index >= 15 is 0 Å². The van der Waals surface area contributed by atoms with Crippen molar-refractivity contribution in [2.45, 2.75) is 44.9 Å². The first-order valence-electron chi connectivity index (χ1n) is 6.58. The first-order chi connectivity index (χ1) is 8.54. The molecule has 1 unspecified atom stereocenters. The molecule has 0 radical (unpaired) electrons. The summed E-state index contributed by atoms with van der Waals surface area (Å²) in [7, 11) is -3.16. The van der Waals surface area contributed by atoms with Gasteiger partial charge in [0, 0.05) is 12.6 Å². The maximum Gasteiger partial charge on any atom is 0.218 e. The summed E-state index contributed by atoms with van der Waals surface area (Å²) >= 11 is 0. The Kier molecular flexibility index (Phi) is 4.07. The van der Waals surface area contributed by atoms with Crippen molar-refractivity contribution >= 4 is 10.0 Å². The molecule has 0 spiro atoms. The minimum atomic E-state index is -3.16. The van der Waals surface area contributed by atoms with Crippen LogP contribution in [0.3, 0.4) is 0 Å². The van der Waals surface area contributed by atoms with Gasteiger partial charge in [0.25, 0.3) is 0 Å². The smallest absolute Gasteiger partial charge is 0.212 e. The molecule has 3 nitrogen and oxygen atoms in total. The summed E-state index contributed by atoms with van der Waals surface area (Å²) in [5.41, 5.74) is 1.97. The van der Waals surface area contributed by atoms with Crippen molar-refractivity contribution < 1.29 is 8.42 Å². The molecule has 18 heavy (non-hydrogen) atoms. The zero-order chi connectivity index (χ0) is 13.2. The van der Waals surface area contributed by atoms with Gasteiger partial charge in [0.2, 0.25) is 10.0 Å². The lowest BCUT2D eigenvalue weighted by Crippen LogP contribution is -2.36. The van der Waals surface area contributed by atoms with Gasteiger partial charge in [-0.3, -0.25) is 0 Å². The van der Waals surface area contributed by atoms with Gasteiger partial charge in [-0.2, -0.15) is 4.31 Å². The Hall–Kier alpha value is -0.870. The molecule has 1 atom stereocenters. The lowest BCUT2D eigenvalue weighted by atomic mass is 10.1. The van der Waals surface area contributed by atoms with Crippen LogP contribution in [0.25, 0.3) is 0 Å². The van der Waals surface area contributed by atoms with Crippen LogP contribution in [0, 0.1) is 6.92 Å². The summed E-state index contributed by atoms with van der Waals surface area (Å²) in [4.78, 5) is 0. The van der Waals surface area contributed by atoms with E-state index in [0.717, 1.165) is 30.4 Å². The number of rotatable bonds is 4. The third-order valence-electron chi connectivity index (χ3n) is 3.75. The first kappa shape index (κ1) is 13.6. The summed E-state index contributed by atoms with van der Waals surface area (Å²) in [6.45, 7) is 4.71. The number of benzene rings is 1. The third-order valence-corrected chi connectivity index (χ3v) is 5.62. The standard InChI is InChI=1S/C14H21NO2S/c1-3-14-9-6-10-15(14)18(16,17)11-13-8-5-4-7-12(13)2/h4-5,7-8,14H,3,6,9-11H2,1-2H3. The van der Waals surface area contributed by atoms with Crippen molar-refractivity contribution in [2.75, 3.05) is 6.54 Å².